The van der Waals surface area contributed by atoms with Crippen molar-refractivity contribution in [2.24, 2.45) is 0 Å². The zero-order chi connectivity index (χ0) is 9.07. The van der Waals surface area contributed by atoms with E-state index in [0.717, 1.165) is 0 Å². The van der Waals surface area contributed by atoms with Gasteiger partial charge in [0.05, 0.1) is 0 Å². The van der Waals surface area contributed by atoms with Gasteiger partial charge in [-0.25, -0.2) is 0 Å². The van der Waals surface area contributed by atoms with Gasteiger partial charge in [-0.1, -0.05) is 0 Å². The summed E-state index contributed by atoms with van der Waals surface area (Å²) < 4.78 is 0. The summed E-state index contributed by atoms with van der Waals surface area (Å²) in [4.78, 5) is 0. The van der Waals surface area contributed by atoms with Gasteiger partial charge in [-0.2, -0.15) is 0 Å². The van der Waals surface area contributed by atoms with Crippen LogP contribution in [0, 0.1) is 0 Å². The topological polar surface area (TPSA) is 0 Å². The van der Waals surface area contributed by atoms with E-state index in [1.54, 1.807) is 0 Å². The number of hydrogen-bond donors (Lipinski definition) is 0. The Morgan fingerprint density at radius 3 is 1.50 bits per heavy atom. The summed E-state index contributed by atoms with van der Waals surface area (Å²) in [6.07, 6.45) is 13.0. The van der Waals surface area contributed by atoms with E-state index in [2.05, 4.69) is 23.2 Å². The monoisotopic (exact) mass is 182 g/mol. The van der Waals surface area contributed by atoms with Gasteiger partial charge in [0.2, 0.25) is 0 Å². The predicted molar refractivity (Wildman–Crippen MR) is 57.8 cm³/mol. The quantitative estimate of drug-likeness (QED) is 0.372. The van der Waals surface area contributed by atoms with Crippen molar-refractivity contribution in [2.75, 3.05) is 0 Å². The molecule has 0 bridgehead atoms. The Balaban J connectivity index is 2.73. The zero-order valence-electron chi connectivity index (χ0n) is 8.65. The summed E-state index contributed by atoms with van der Waals surface area (Å²) in [7, 11) is 0. The Morgan fingerprint density at radius 1 is 0.667 bits per heavy atom. The number of unbranched alkanes of at least 4 members (excludes halogenated alkanes) is 8. The summed E-state index contributed by atoms with van der Waals surface area (Å²) >= 11 is 2.80. The summed E-state index contributed by atoms with van der Waals surface area (Å²) in [5.74, 6) is 0. The maximum absolute atomic E-state index is 2.80. The van der Waals surface area contributed by atoms with Gasteiger partial charge in [0.15, 0.2) is 0 Å². The molecule has 0 unspecified atom stereocenters. The molecule has 0 aromatic rings. The van der Waals surface area contributed by atoms with Crippen LogP contribution in [0.2, 0.25) is 5.28 Å². The van der Waals surface area contributed by atoms with Gasteiger partial charge in [-0.15, -0.1) is 0 Å². The molecule has 0 spiro atoms. The maximum atomic E-state index is 2.80. The van der Waals surface area contributed by atoms with Crippen LogP contribution in [0.4, 0.5) is 0 Å². The first kappa shape index (κ1) is 12.5. The van der Waals surface area contributed by atoms with E-state index in [1.165, 1.54) is 63.1 Å². The summed E-state index contributed by atoms with van der Waals surface area (Å²) in [5.41, 5.74) is 0. The Kier molecular flexibility index (Phi) is 12.0. The SMILES string of the molecule is CCCCCCCCCC[CH2][Al+2]. The van der Waals surface area contributed by atoms with Gasteiger partial charge < -0.3 is 0 Å². The van der Waals surface area contributed by atoms with Crippen LogP contribution in [0.1, 0.15) is 64.7 Å². The molecule has 0 radical (unpaired) electrons. The molecule has 0 atom stereocenters. The van der Waals surface area contributed by atoms with E-state index in [4.69, 9.17) is 0 Å². The van der Waals surface area contributed by atoms with Gasteiger partial charge in [-0.3, -0.25) is 0 Å². The summed E-state index contributed by atoms with van der Waals surface area (Å²) in [5, 5.41) is 1.29. The first-order valence-corrected chi connectivity index (χ1v) is 6.43. The second-order valence-electron chi connectivity index (χ2n) is 3.62. The van der Waals surface area contributed by atoms with Gasteiger partial charge in [0, 0.05) is 0 Å². The Hall–Kier alpha value is 0.532. The van der Waals surface area contributed by atoms with Crippen molar-refractivity contribution in [1.82, 2.24) is 0 Å². The fraction of sp³-hybridized carbons (Fsp3) is 1.00. The van der Waals surface area contributed by atoms with E-state index in [0.29, 0.717) is 0 Å². The van der Waals surface area contributed by atoms with E-state index >= 15 is 0 Å². The third kappa shape index (κ3) is 10.5. The predicted octanol–water partition coefficient (Wildman–Crippen LogP) is 4.10. The van der Waals surface area contributed by atoms with Crippen LogP contribution in [-0.4, -0.2) is 16.3 Å². The van der Waals surface area contributed by atoms with E-state index in [1.807, 2.05) is 0 Å². The molecule has 0 aromatic carbocycles. The molecule has 0 aliphatic heterocycles. The molecule has 0 saturated carbocycles. The first-order chi connectivity index (χ1) is 5.91. The van der Waals surface area contributed by atoms with E-state index in [9.17, 15) is 0 Å². The molecule has 0 nitrogen and oxygen atoms in total. The van der Waals surface area contributed by atoms with E-state index < -0.39 is 0 Å². The number of hydrogen-bond acceptors (Lipinski definition) is 0. The molecule has 0 aromatic heterocycles. The molecule has 12 heavy (non-hydrogen) atoms. The molecule has 0 aliphatic carbocycles. The molecule has 0 aliphatic rings. The normalized spacial score (nSPS) is 10.6. The third-order valence-corrected chi connectivity index (χ3v) is 2.72. The molecule has 0 rings (SSSR count). The van der Waals surface area contributed by atoms with Crippen molar-refractivity contribution in [3.8, 4) is 0 Å². The van der Waals surface area contributed by atoms with Crippen molar-refractivity contribution in [3.05, 3.63) is 0 Å². The van der Waals surface area contributed by atoms with Crippen LogP contribution in [0.25, 0.3) is 0 Å². The van der Waals surface area contributed by atoms with Gasteiger partial charge in [0.25, 0.3) is 0 Å². The Morgan fingerprint density at radius 2 is 1.08 bits per heavy atom. The van der Waals surface area contributed by atoms with E-state index in [-0.39, 0.29) is 0 Å². The molecule has 0 amide bonds. The average Bonchev–Trinajstić information content (AvgIpc) is 2.10. The first-order valence-electron chi connectivity index (χ1n) is 5.62. The van der Waals surface area contributed by atoms with Crippen molar-refractivity contribution in [2.45, 2.75) is 70.0 Å². The summed E-state index contributed by atoms with van der Waals surface area (Å²) in [6.45, 7) is 2.28. The van der Waals surface area contributed by atoms with Crippen LogP contribution in [0.5, 0.6) is 0 Å². The molecule has 0 heterocycles. The minimum absolute atomic E-state index is 1.29. The third-order valence-electron chi connectivity index (χ3n) is 2.31. The van der Waals surface area contributed by atoms with Gasteiger partial charge in [0.1, 0.15) is 0 Å². The number of rotatable bonds is 9. The Bertz CT molecular complexity index is 61.4. The zero-order valence-corrected chi connectivity index (χ0v) is 9.80. The molecular formula is C11H23Al+2. The fourth-order valence-corrected chi connectivity index (χ4v) is 1.74. The van der Waals surface area contributed by atoms with Crippen LogP contribution in [0.15, 0.2) is 0 Å². The molecule has 0 N–H and O–H groups in total. The molecule has 0 saturated heterocycles. The Labute approximate surface area is 86.6 Å². The minimum atomic E-state index is 1.29. The second-order valence-corrected chi connectivity index (χ2v) is 4.19. The standard InChI is InChI=1S/C11H23.Al/c1-3-5-7-9-11-10-8-6-4-2;/h1,3-11H2,2H3;/q;+2. The molecule has 1 heteroatoms. The van der Waals surface area contributed by atoms with Crippen molar-refractivity contribution < 1.29 is 0 Å². The van der Waals surface area contributed by atoms with Crippen LogP contribution >= 0.6 is 0 Å². The van der Waals surface area contributed by atoms with Crippen LogP contribution < -0.4 is 0 Å². The van der Waals surface area contributed by atoms with Crippen LogP contribution in [-0.2, 0) is 0 Å². The van der Waals surface area contributed by atoms with Gasteiger partial charge in [-0.05, 0) is 0 Å². The molecular weight excluding hydrogens is 159 g/mol. The van der Waals surface area contributed by atoms with Gasteiger partial charge >= 0.3 is 86.3 Å². The van der Waals surface area contributed by atoms with Crippen molar-refractivity contribution in [1.29, 1.82) is 0 Å². The van der Waals surface area contributed by atoms with Crippen LogP contribution in [0.3, 0.4) is 0 Å². The van der Waals surface area contributed by atoms with Crippen molar-refractivity contribution in [3.63, 3.8) is 0 Å². The summed E-state index contributed by atoms with van der Waals surface area (Å²) in [6, 6.07) is 0. The second kappa shape index (κ2) is 11.5. The molecule has 0 fully saturated rings. The van der Waals surface area contributed by atoms with Crippen molar-refractivity contribution >= 4 is 16.3 Å². The fourth-order valence-electron chi connectivity index (χ4n) is 1.45. The average molecular weight is 182 g/mol. The molecule has 68 valence electrons.